The van der Waals surface area contributed by atoms with Crippen LogP contribution < -0.4 is 10.6 Å². The Morgan fingerprint density at radius 2 is 2.16 bits per heavy atom. The fourth-order valence-electron chi connectivity index (χ4n) is 4.31. The summed E-state index contributed by atoms with van der Waals surface area (Å²) in [4.78, 5) is 25.8. The van der Waals surface area contributed by atoms with Crippen molar-refractivity contribution in [3.63, 3.8) is 0 Å². The van der Waals surface area contributed by atoms with E-state index < -0.39 is 0 Å². The van der Waals surface area contributed by atoms with Gasteiger partial charge in [-0.05, 0) is 67.1 Å². The molecule has 7 heteroatoms. The molecule has 1 aliphatic carbocycles. The quantitative estimate of drug-likeness (QED) is 0.619. The average Bonchev–Trinajstić information content (AvgIpc) is 3.26. The zero-order valence-corrected chi connectivity index (χ0v) is 17.6. The number of Topliss-reactive ketones (excluding diaryl/α,β-unsaturated/α-hetero) is 1. The zero-order valence-electron chi connectivity index (χ0n) is 17.6. The molecule has 1 fully saturated rings. The number of hydrogen-bond acceptors (Lipinski definition) is 6. The number of imidazole rings is 1. The largest absolute Gasteiger partial charge is 0.363 e. The summed E-state index contributed by atoms with van der Waals surface area (Å²) in [5, 5.41) is 6.95. The van der Waals surface area contributed by atoms with E-state index in [1.165, 1.54) is 5.57 Å². The molecular weight excluding hydrogens is 388 g/mol. The zero-order chi connectivity index (χ0) is 21.2. The second-order valence-electron chi connectivity index (χ2n) is 8.16. The van der Waals surface area contributed by atoms with E-state index in [4.69, 9.17) is 4.98 Å². The lowest BCUT2D eigenvalue weighted by atomic mass is 9.94. The lowest BCUT2D eigenvalue weighted by Crippen LogP contribution is -2.38. The number of ketones is 1. The molecule has 1 saturated heterocycles. The van der Waals surface area contributed by atoms with Crippen LogP contribution in [0.15, 0.2) is 49.1 Å². The maximum atomic E-state index is 12.2. The normalized spacial score (nSPS) is 19.1. The fourth-order valence-corrected chi connectivity index (χ4v) is 4.31. The number of allylic oxidation sites excluding steroid dienone is 4. The molecule has 4 heterocycles. The SMILES string of the molecule is CC(=O)c1cnc(NC2CCCNC2)c2nc(C3=CC(c4ccncc4)=CCC3)cn12. The molecule has 31 heavy (non-hydrogen) atoms. The number of carbonyl (C=O) groups is 1. The molecule has 0 saturated carbocycles. The Labute approximate surface area is 181 Å². The Morgan fingerprint density at radius 3 is 2.94 bits per heavy atom. The molecular formula is C24H26N6O. The van der Waals surface area contributed by atoms with Gasteiger partial charge in [-0.2, -0.15) is 0 Å². The van der Waals surface area contributed by atoms with E-state index in [1.807, 2.05) is 35.1 Å². The Hall–Kier alpha value is -3.32. The first-order valence-electron chi connectivity index (χ1n) is 10.9. The molecule has 1 atom stereocenters. The summed E-state index contributed by atoms with van der Waals surface area (Å²) >= 11 is 0. The predicted octanol–water partition coefficient (Wildman–Crippen LogP) is 3.75. The van der Waals surface area contributed by atoms with Gasteiger partial charge in [-0.1, -0.05) is 6.08 Å². The van der Waals surface area contributed by atoms with Crippen molar-refractivity contribution in [1.82, 2.24) is 24.7 Å². The molecule has 3 aromatic heterocycles. The summed E-state index contributed by atoms with van der Waals surface area (Å²) in [5.74, 6) is 0.702. The lowest BCUT2D eigenvalue weighted by molar-refractivity contribution is 0.101. The summed E-state index contributed by atoms with van der Waals surface area (Å²) in [6.45, 7) is 3.53. The third kappa shape index (κ3) is 4.01. The molecule has 0 radical (unpaired) electrons. The molecule has 0 bridgehead atoms. The van der Waals surface area contributed by atoms with Gasteiger partial charge in [0.15, 0.2) is 17.2 Å². The molecule has 158 valence electrons. The van der Waals surface area contributed by atoms with Crippen LogP contribution in [0.4, 0.5) is 5.82 Å². The van der Waals surface area contributed by atoms with Crippen LogP contribution in [0.3, 0.4) is 0 Å². The van der Waals surface area contributed by atoms with Crippen molar-refractivity contribution < 1.29 is 4.79 Å². The first-order chi connectivity index (χ1) is 15.2. The second-order valence-corrected chi connectivity index (χ2v) is 8.16. The number of anilines is 1. The van der Waals surface area contributed by atoms with Crippen LogP contribution in [0.2, 0.25) is 0 Å². The summed E-state index contributed by atoms with van der Waals surface area (Å²) in [5.41, 5.74) is 5.63. The Kier molecular flexibility index (Phi) is 5.34. The van der Waals surface area contributed by atoms with Crippen LogP contribution in [0.25, 0.3) is 16.8 Å². The van der Waals surface area contributed by atoms with Gasteiger partial charge in [0.05, 0.1) is 11.9 Å². The molecule has 0 spiro atoms. The highest BCUT2D eigenvalue weighted by atomic mass is 16.1. The number of piperidine rings is 1. The Morgan fingerprint density at radius 1 is 1.29 bits per heavy atom. The maximum absolute atomic E-state index is 12.2. The second kappa shape index (κ2) is 8.43. The van der Waals surface area contributed by atoms with Crippen molar-refractivity contribution in [3.05, 3.63) is 66.0 Å². The highest BCUT2D eigenvalue weighted by molar-refractivity contribution is 5.94. The number of aromatic nitrogens is 4. The number of nitrogens with zero attached hydrogens (tertiary/aromatic N) is 4. The predicted molar refractivity (Wildman–Crippen MR) is 122 cm³/mol. The van der Waals surface area contributed by atoms with Crippen LogP contribution in [0.5, 0.6) is 0 Å². The topological polar surface area (TPSA) is 84.2 Å². The van der Waals surface area contributed by atoms with Crippen molar-refractivity contribution in [2.45, 2.75) is 38.6 Å². The average molecular weight is 415 g/mol. The van der Waals surface area contributed by atoms with Gasteiger partial charge < -0.3 is 10.6 Å². The van der Waals surface area contributed by atoms with Gasteiger partial charge in [-0.15, -0.1) is 0 Å². The fraction of sp³-hybridized carbons (Fsp3) is 0.333. The standard InChI is InChI=1S/C24H26N6O/c1-16(31)22-14-27-23(28-20-6-3-9-26-13-20)24-29-21(15-30(22)24)19-5-2-4-18(12-19)17-7-10-25-11-8-17/h4,7-8,10-12,14-15,20,26H,2-3,5-6,9,13H2,1H3,(H,27,28). The summed E-state index contributed by atoms with van der Waals surface area (Å²) < 4.78 is 1.88. The molecule has 0 amide bonds. The molecule has 2 N–H and O–H groups in total. The van der Waals surface area contributed by atoms with Crippen LogP contribution in [0, 0.1) is 0 Å². The van der Waals surface area contributed by atoms with Gasteiger partial charge in [0.1, 0.15) is 5.69 Å². The molecule has 1 unspecified atom stereocenters. The third-order valence-corrected chi connectivity index (χ3v) is 5.94. The minimum atomic E-state index is -0.0256. The van der Waals surface area contributed by atoms with Crippen LogP contribution >= 0.6 is 0 Å². The van der Waals surface area contributed by atoms with E-state index in [0.29, 0.717) is 17.4 Å². The number of fused-ring (bicyclic) bond motifs is 1. The van der Waals surface area contributed by atoms with Gasteiger partial charge in [-0.25, -0.2) is 9.97 Å². The summed E-state index contributed by atoms with van der Waals surface area (Å²) in [6.07, 6.45) is 15.8. The van der Waals surface area contributed by atoms with Crippen molar-refractivity contribution >= 4 is 28.4 Å². The van der Waals surface area contributed by atoms with Crippen LogP contribution in [-0.2, 0) is 0 Å². The molecule has 1 aliphatic heterocycles. The van der Waals surface area contributed by atoms with Gasteiger partial charge in [0.2, 0.25) is 0 Å². The summed E-state index contributed by atoms with van der Waals surface area (Å²) in [7, 11) is 0. The number of carbonyl (C=O) groups excluding carboxylic acids is 1. The van der Waals surface area contributed by atoms with E-state index in [-0.39, 0.29) is 5.78 Å². The monoisotopic (exact) mass is 414 g/mol. The Balaban J connectivity index is 1.54. The highest BCUT2D eigenvalue weighted by Gasteiger charge is 2.20. The number of rotatable bonds is 5. The Bertz CT molecular complexity index is 1170. The molecule has 2 aliphatic rings. The van der Waals surface area contributed by atoms with Crippen molar-refractivity contribution in [2.75, 3.05) is 18.4 Å². The van der Waals surface area contributed by atoms with E-state index >= 15 is 0 Å². The molecule has 0 aromatic carbocycles. The van der Waals surface area contributed by atoms with Gasteiger partial charge in [0.25, 0.3) is 0 Å². The van der Waals surface area contributed by atoms with Crippen molar-refractivity contribution in [2.24, 2.45) is 0 Å². The number of nitrogens with one attached hydrogen (secondary N) is 2. The number of hydrogen-bond donors (Lipinski definition) is 2. The van der Waals surface area contributed by atoms with Gasteiger partial charge in [0, 0.05) is 38.1 Å². The first-order valence-corrected chi connectivity index (χ1v) is 10.9. The molecule has 5 rings (SSSR count). The smallest absolute Gasteiger partial charge is 0.181 e. The van der Waals surface area contributed by atoms with Gasteiger partial charge in [-0.3, -0.25) is 14.2 Å². The molecule has 7 nitrogen and oxygen atoms in total. The highest BCUT2D eigenvalue weighted by Crippen LogP contribution is 2.31. The number of pyridine rings is 1. The lowest BCUT2D eigenvalue weighted by Gasteiger charge is -2.24. The summed E-state index contributed by atoms with van der Waals surface area (Å²) in [6, 6.07) is 4.35. The van der Waals surface area contributed by atoms with Gasteiger partial charge >= 0.3 is 0 Å². The minimum Gasteiger partial charge on any atom is -0.363 e. The van der Waals surface area contributed by atoms with E-state index in [1.54, 1.807) is 13.1 Å². The molecule has 3 aromatic rings. The van der Waals surface area contributed by atoms with Crippen molar-refractivity contribution in [3.8, 4) is 0 Å². The first kappa shape index (κ1) is 19.6. The third-order valence-electron chi connectivity index (χ3n) is 5.94. The van der Waals surface area contributed by atoms with E-state index in [0.717, 1.165) is 61.4 Å². The minimum absolute atomic E-state index is 0.0256. The van der Waals surface area contributed by atoms with E-state index in [2.05, 4.69) is 32.8 Å². The van der Waals surface area contributed by atoms with Crippen LogP contribution in [-0.4, -0.2) is 44.3 Å². The van der Waals surface area contributed by atoms with Crippen LogP contribution in [0.1, 0.15) is 54.4 Å². The maximum Gasteiger partial charge on any atom is 0.181 e. The van der Waals surface area contributed by atoms with E-state index in [9.17, 15) is 4.79 Å². The van der Waals surface area contributed by atoms with Crippen molar-refractivity contribution in [1.29, 1.82) is 0 Å².